The number of carbonyl (C=O) groups is 2. The van der Waals surface area contributed by atoms with Crippen LogP contribution in [0.5, 0.6) is 5.75 Å². The molecule has 0 saturated carbocycles. The van der Waals surface area contributed by atoms with Crippen molar-refractivity contribution in [2.45, 2.75) is 38.1 Å². The molecule has 0 spiro atoms. The van der Waals surface area contributed by atoms with Gasteiger partial charge in [-0.3, -0.25) is 9.59 Å². The number of carbonyl (C=O) groups excluding carboxylic acids is 2. The minimum atomic E-state index is -1.53. The Labute approximate surface area is 228 Å². The van der Waals surface area contributed by atoms with Crippen LogP contribution in [0.4, 0.5) is 0 Å². The zero-order chi connectivity index (χ0) is 27.8. The van der Waals surface area contributed by atoms with Crippen molar-refractivity contribution >= 4 is 22.8 Å². The second-order valence-corrected chi connectivity index (χ2v) is 11.4. The molecule has 0 bridgehead atoms. The molecule has 9 nitrogen and oxygen atoms in total. The maximum Gasteiger partial charge on any atom is 0.242 e. The zero-order valence-corrected chi connectivity index (χ0v) is 23.9. The molecular formula is C28H40N4O5S. The van der Waals surface area contributed by atoms with Crippen molar-refractivity contribution in [3.05, 3.63) is 58.1 Å². The Balaban J connectivity index is 1.50. The minimum absolute atomic E-state index is 0.105. The smallest absolute Gasteiger partial charge is 0.242 e. The van der Waals surface area contributed by atoms with E-state index in [1.165, 1.54) is 15.4 Å². The number of methoxy groups -OCH3 is 1. The van der Waals surface area contributed by atoms with E-state index in [0.717, 1.165) is 42.6 Å². The molecule has 2 N–H and O–H groups in total. The van der Waals surface area contributed by atoms with Crippen LogP contribution in [0.15, 0.2) is 35.2 Å². The Hall–Kier alpha value is -2.79. The number of nitrogens with zero attached hydrogens (tertiary/aromatic N) is 3. The molecule has 3 rings (SSSR count). The van der Waals surface area contributed by atoms with Crippen LogP contribution in [-0.4, -0.2) is 95.8 Å². The predicted octanol–water partition coefficient (Wildman–Crippen LogP) is 1.43. The monoisotopic (exact) mass is 544 g/mol. The van der Waals surface area contributed by atoms with Gasteiger partial charge in [-0.05, 0) is 66.6 Å². The van der Waals surface area contributed by atoms with E-state index in [1.807, 2.05) is 26.0 Å². The average molecular weight is 545 g/mol. The summed E-state index contributed by atoms with van der Waals surface area (Å²) in [5, 5.41) is 11.9. The lowest BCUT2D eigenvalue weighted by Gasteiger charge is -2.20. The molecule has 1 unspecified atom stereocenters. The van der Waals surface area contributed by atoms with E-state index in [4.69, 9.17) is 4.74 Å². The maximum absolute atomic E-state index is 13.1. The van der Waals surface area contributed by atoms with Crippen molar-refractivity contribution in [3.8, 4) is 5.75 Å². The Morgan fingerprint density at radius 1 is 1.08 bits per heavy atom. The van der Waals surface area contributed by atoms with Crippen LogP contribution in [0.3, 0.4) is 0 Å². The van der Waals surface area contributed by atoms with Gasteiger partial charge in [-0.25, -0.2) is 8.51 Å². The summed E-state index contributed by atoms with van der Waals surface area (Å²) >= 11 is 0. The van der Waals surface area contributed by atoms with E-state index in [2.05, 4.69) is 28.4 Å². The second kappa shape index (κ2) is 13.8. The number of β-amino-alcohol motifs (C(OH)–C–C–N with tert-alkyl or cyclic N) is 1. The molecule has 2 aromatic carbocycles. The third kappa shape index (κ3) is 7.86. The molecule has 208 valence electrons. The van der Waals surface area contributed by atoms with Crippen LogP contribution in [0.25, 0.3) is 0 Å². The Morgan fingerprint density at radius 2 is 1.74 bits per heavy atom. The summed E-state index contributed by atoms with van der Waals surface area (Å²) in [5.74, 6) is 0.122. The highest BCUT2D eigenvalue weighted by atomic mass is 32.2. The first-order valence-corrected chi connectivity index (χ1v) is 14.0. The molecule has 0 aromatic heterocycles. The molecular weight excluding hydrogens is 504 g/mol. The highest BCUT2D eigenvalue weighted by molar-refractivity contribution is 7.82. The lowest BCUT2D eigenvalue weighted by molar-refractivity contribution is -0.132. The van der Waals surface area contributed by atoms with Gasteiger partial charge >= 0.3 is 0 Å². The van der Waals surface area contributed by atoms with Gasteiger partial charge in [0.25, 0.3) is 0 Å². The van der Waals surface area contributed by atoms with E-state index in [-0.39, 0.29) is 31.5 Å². The first-order chi connectivity index (χ1) is 18.1. The topological polar surface area (TPSA) is 102 Å². The Morgan fingerprint density at radius 3 is 2.37 bits per heavy atom. The summed E-state index contributed by atoms with van der Waals surface area (Å²) in [4.78, 5) is 29.7. The number of hydrogen-bond donors (Lipinski definition) is 2. The molecule has 1 atom stereocenters. The molecule has 1 aliphatic heterocycles. The maximum atomic E-state index is 13.1. The van der Waals surface area contributed by atoms with Crippen molar-refractivity contribution in [2.75, 3.05) is 60.5 Å². The quantitative estimate of drug-likeness (QED) is 0.444. The van der Waals surface area contributed by atoms with E-state index in [1.54, 1.807) is 26.1 Å². The summed E-state index contributed by atoms with van der Waals surface area (Å²) in [6.45, 7) is 6.65. The zero-order valence-electron chi connectivity index (χ0n) is 23.1. The fraction of sp³-hybridized carbons (Fsp3) is 0.500. The van der Waals surface area contributed by atoms with Crippen molar-refractivity contribution < 1.29 is 23.6 Å². The Bertz CT molecular complexity index is 1150. The average Bonchev–Trinajstić information content (AvgIpc) is 3.08. The normalized spacial score (nSPS) is 14.5. The van der Waals surface area contributed by atoms with Crippen molar-refractivity contribution in [1.82, 2.24) is 19.4 Å². The van der Waals surface area contributed by atoms with Gasteiger partial charge in [0.15, 0.2) is 0 Å². The van der Waals surface area contributed by atoms with Gasteiger partial charge in [0.1, 0.15) is 16.7 Å². The fourth-order valence-electron chi connectivity index (χ4n) is 4.74. The number of aryl methyl sites for hydroxylation is 2. The molecule has 2 amide bonds. The van der Waals surface area contributed by atoms with Crippen molar-refractivity contribution in [1.29, 1.82) is 0 Å². The van der Waals surface area contributed by atoms with Crippen LogP contribution in [-0.2, 0) is 40.0 Å². The largest absolute Gasteiger partial charge is 0.497 e. The van der Waals surface area contributed by atoms with Crippen LogP contribution in [0, 0.1) is 13.8 Å². The van der Waals surface area contributed by atoms with Crippen molar-refractivity contribution in [3.63, 3.8) is 0 Å². The van der Waals surface area contributed by atoms with Crippen LogP contribution in [0.1, 0.15) is 27.8 Å². The van der Waals surface area contributed by atoms with Crippen LogP contribution >= 0.6 is 0 Å². The van der Waals surface area contributed by atoms with Gasteiger partial charge < -0.3 is 25.0 Å². The van der Waals surface area contributed by atoms with Gasteiger partial charge in [0, 0.05) is 40.3 Å². The molecule has 0 aliphatic carbocycles. The molecule has 0 fully saturated rings. The minimum Gasteiger partial charge on any atom is -0.497 e. The summed E-state index contributed by atoms with van der Waals surface area (Å²) in [6.07, 6.45) is 1.87. The van der Waals surface area contributed by atoms with E-state index >= 15 is 0 Å². The van der Waals surface area contributed by atoms with Gasteiger partial charge in [-0.1, -0.05) is 18.2 Å². The van der Waals surface area contributed by atoms with Crippen molar-refractivity contribution in [2.24, 2.45) is 0 Å². The van der Waals surface area contributed by atoms with Crippen LogP contribution < -0.4 is 10.1 Å². The summed E-state index contributed by atoms with van der Waals surface area (Å²) in [5.41, 5.74) is 5.29. The lowest BCUT2D eigenvalue weighted by atomic mass is 10.00. The number of fused-ring (bicyclic) bond motifs is 1. The molecule has 2 aromatic rings. The standard InChI is InChI=1S/C28H40N4O5S/c1-20-14-25(37-5)15-21(2)28(20)38(36)31(4)19-26(34)29-17-27(35)30(3)18-22-6-7-23-8-10-32(12-13-33)11-9-24(23)16-22/h6-7,14-16,33H,8-13,17-19H2,1-5H3,(H,29,34). The number of likely N-dealkylation sites (N-methyl/N-ethyl adjacent to an activating group) is 2. The van der Waals surface area contributed by atoms with E-state index in [0.29, 0.717) is 23.7 Å². The number of aliphatic hydroxyl groups excluding tert-OH is 1. The van der Waals surface area contributed by atoms with E-state index < -0.39 is 11.0 Å². The van der Waals surface area contributed by atoms with Crippen LogP contribution in [0.2, 0.25) is 0 Å². The van der Waals surface area contributed by atoms with Gasteiger partial charge in [0.05, 0.1) is 31.7 Å². The number of ether oxygens (including phenoxy) is 1. The second-order valence-electron chi connectivity index (χ2n) is 9.82. The third-order valence-corrected chi connectivity index (χ3v) is 8.55. The number of rotatable bonds is 11. The molecule has 1 heterocycles. The molecule has 1 aliphatic rings. The number of nitrogens with one attached hydrogen (secondary N) is 1. The third-order valence-electron chi connectivity index (χ3n) is 6.86. The molecule has 38 heavy (non-hydrogen) atoms. The van der Waals surface area contributed by atoms with Gasteiger partial charge in [-0.15, -0.1) is 0 Å². The fourth-order valence-corrected chi connectivity index (χ4v) is 5.95. The lowest BCUT2D eigenvalue weighted by Crippen LogP contribution is -2.42. The predicted molar refractivity (Wildman–Crippen MR) is 148 cm³/mol. The van der Waals surface area contributed by atoms with E-state index in [9.17, 15) is 18.9 Å². The molecule has 10 heteroatoms. The van der Waals surface area contributed by atoms with Gasteiger partial charge in [0.2, 0.25) is 11.8 Å². The highest BCUT2D eigenvalue weighted by Gasteiger charge is 2.20. The van der Waals surface area contributed by atoms with Gasteiger partial charge in [-0.2, -0.15) is 0 Å². The number of hydrogen-bond acceptors (Lipinski definition) is 6. The summed E-state index contributed by atoms with van der Waals surface area (Å²) < 4.78 is 19.8. The first-order valence-electron chi connectivity index (χ1n) is 12.9. The highest BCUT2D eigenvalue weighted by Crippen LogP contribution is 2.25. The molecule has 0 saturated heterocycles. The number of benzene rings is 2. The summed E-state index contributed by atoms with van der Waals surface area (Å²) in [6, 6.07) is 9.98. The summed E-state index contributed by atoms with van der Waals surface area (Å²) in [7, 11) is 3.39. The molecule has 0 radical (unpaired) electrons. The Kier molecular flexibility index (Phi) is 10.8. The number of amides is 2. The number of aliphatic hydroxyl groups is 1. The first kappa shape index (κ1) is 29.8. The SMILES string of the molecule is COc1cc(C)c(S(=O)N(C)CC(=O)NCC(=O)N(C)Cc2ccc3c(c2)CCN(CCO)CC3)c(C)c1.